The average molecular weight is 279 g/mol. The molecule has 0 aliphatic carbocycles. The zero-order valence-corrected chi connectivity index (χ0v) is 11.3. The molecule has 108 valence electrons. The van der Waals surface area contributed by atoms with E-state index in [1.807, 2.05) is 13.8 Å². The third-order valence-electron chi connectivity index (χ3n) is 2.89. The van der Waals surface area contributed by atoms with Gasteiger partial charge >= 0.3 is 6.03 Å². The van der Waals surface area contributed by atoms with Gasteiger partial charge in [-0.1, -0.05) is 13.8 Å². The number of urea groups is 1. The second kappa shape index (κ2) is 5.68. The molecule has 0 aromatic heterocycles. The van der Waals surface area contributed by atoms with Crippen LogP contribution in [0.2, 0.25) is 0 Å². The topological polar surface area (TPSA) is 103 Å². The lowest BCUT2D eigenvalue weighted by atomic mass is 10.0. The van der Waals surface area contributed by atoms with Gasteiger partial charge in [-0.15, -0.1) is 0 Å². The highest BCUT2D eigenvalue weighted by molar-refractivity contribution is 5.97. The molecule has 0 radical (unpaired) electrons. The molecular weight excluding hydrogens is 262 g/mol. The largest absolute Gasteiger partial charge is 0.454 e. The first-order valence-electron chi connectivity index (χ1n) is 6.24. The summed E-state index contributed by atoms with van der Waals surface area (Å²) in [6, 6.07) is 3.65. The predicted molar refractivity (Wildman–Crippen MR) is 72.5 cm³/mol. The van der Waals surface area contributed by atoms with Gasteiger partial charge in [-0.05, 0) is 18.1 Å². The first-order valence-corrected chi connectivity index (χ1v) is 6.24. The van der Waals surface area contributed by atoms with Gasteiger partial charge in [-0.3, -0.25) is 4.79 Å². The van der Waals surface area contributed by atoms with Crippen LogP contribution in [0.15, 0.2) is 18.2 Å². The maximum atomic E-state index is 12.1. The summed E-state index contributed by atoms with van der Waals surface area (Å²) in [6.45, 7) is 3.81. The lowest BCUT2D eigenvalue weighted by Crippen LogP contribution is -2.49. The van der Waals surface area contributed by atoms with Crippen molar-refractivity contribution in [2.24, 2.45) is 11.7 Å². The van der Waals surface area contributed by atoms with Crippen LogP contribution in [0.1, 0.15) is 13.8 Å². The molecule has 7 heteroatoms. The number of carbonyl (C=O) groups is 2. The van der Waals surface area contributed by atoms with Crippen molar-refractivity contribution in [2.75, 3.05) is 12.1 Å². The van der Waals surface area contributed by atoms with Crippen molar-refractivity contribution in [1.82, 2.24) is 5.32 Å². The monoisotopic (exact) mass is 279 g/mol. The van der Waals surface area contributed by atoms with Gasteiger partial charge in [0.2, 0.25) is 12.7 Å². The van der Waals surface area contributed by atoms with Gasteiger partial charge in [-0.2, -0.15) is 0 Å². The van der Waals surface area contributed by atoms with Crippen molar-refractivity contribution in [1.29, 1.82) is 0 Å². The van der Waals surface area contributed by atoms with E-state index in [4.69, 9.17) is 15.2 Å². The lowest BCUT2D eigenvalue weighted by Gasteiger charge is -2.20. The normalized spacial score (nSPS) is 13.9. The summed E-state index contributed by atoms with van der Waals surface area (Å²) in [5, 5.41) is 5.14. The highest BCUT2D eigenvalue weighted by atomic mass is 16.7. The van der Waals surface area contributed by atoms with Gasteiger partial charge in [0.05, 0.1) is 0 Å². The molecule has 0 bridgehead atoms. The van der Waals surface area contributed by atoms with Gasteiger partial charge < -0.3 is 25.8 Å². The molecule has 1 aromatic rings. The molecule has 0 fully saturated rings. The Kier molecular flexibility index (Phi) is 3.97. The van der Waals surface area contributed by atoms with E-state index in [0.717, 1.165) is 0 Å². The Bertz CT molecular complexity index is 530. The summed E-state index contributed by atoms with van der Waals surface area (Å²) in [5.74, 6) is 0.791. The molecule has 1 aliphatic heterocycles. The summed E-state index contributed by atoms with van der Waals surface area (Å²) in [4.78, 5) is 23.1. The molecule has 1 aliphatic rings. The Labute approximate surface area is 116 Å². The third kappa shape index (κ3) is 3.11. The fraction of sp³-hybridized carbons (Fsp3) is 0.385. The number of ether oxygens (including phenoxy) is 2. The number of anilines is 1. The van der Waals surface area contributed by atoms with Gasteiger partial charge in [-0.25, -0.2) is 4.79 Å². The summed E-state index contributed by atoms with van der Waals surface area (Å²) in [7, 11) is 0. The molecule has 20 heavy (non-hydrogen) atoms. The van der Waals surface area contributed by atoms with E-state index in [1.54, 1.807) is 18.2 Å². The summed E-state index contributed by atoms with van der Waals surface area (Å²) in [5.41, 5.74) is 5.64. The van der Waals surface area contributed by atoms with Crippen molar-refractivity contribution >= 4 is 17.6 Å². The summed E-state index contributed by atoms with van der Waals surface area (Å²) in [6.07, 6.45) is 0. The zero-order chi connectivity index (χ0) is 14.7. The van der Waals surface area contributed by atoms with Crippen LogP contribution >= 0.6 is 0 Å². The van der Waals surface area contributed by atoms with Crippen molar-refractivity contribution in [2.45, 2.75) is 19.9 Å². The first-order chi connectivity index (χ1) is 9.47. The molecule has 0 spiro atoms. The predicted octanol–water partition coefficient (Wildman–Crippen LogP) is 1.05. The van der Waals surface area contributed by atoms with Crippen LogP contribution in [0.4, 0.5) is 10.5 Å². The van der Waals surface area contributed by atoms with E-state index < -0.39 is 12.1 Å². The van der Waals surface area contributed by atoms with Crippen LogP contribution in [-0.2, 0) is 4.79 Å². The fourth-order valence-electron chi connectivity index (χ4n) is 1.88. The van der Waals surface area contributed by atoms with E-state index >= 15 is 0 Å². The molecule has 3 amide bonds. The Balaban J connectivity index is 2.07. The van der Waals surface area contributed by atoms with E-state index in [0.29, 0.717) is 17.2 Å². The smallest absolute Gasteiger partial charge is 0.312 e. The number of hydrogen-bond donors (Lipinski definition) is 3. The molecular formula is C13H17N3O4. The maximum Gasteiger partial charge on any atom is 0.312 e. The minimum absolute atomic E-state index is 0.0866. The van der Waals surface area contributed by atoms with Crippen LogP contribution in [-0.4, -0.2) is 24.8 Å². The van der Waals surface area contributed by atoms with Crippen molar-refractivity contribution < 1.29 is 19.1 Å². The molecule has 1 unspecified atom stereocenters. The summed E-state index contributed by atoms with van der Waals surface area (Å²) < 4.78 is 10.4. The Hall–Kier alpha value is -2.44. The van der Waals surface area contributed by atoms with Crippen LogP contribution in [0, 0.1) is 5.92 Å². The number of amides is 3. The quantitative estimate of drug-likeness (QED) is 0.766. The van der Waals surface area contributed by atoms with Gasteiger partial charge in [0, 0.05) is 11.8 Å². The second-order valence-corrected chi connectivity index (χ2v) is 4.79. The molecule has 0 saturated heterocycles. The van der Waals surface area contributed by atoms with E-state index in [9.17, 15) is 9.59 Å². The molecule has 1 aromatic carbocycles. The number of primary amides is 1. The van der Waals surface area contributed by atoms with Gasteiger partial charge in [0.25, 0.3) is 0 Å². The number of rotatable bonds is 4. The lowest BCUT2D eigenvalue weighted by molar-refractivity contribution is -0.118. The molecule has 7 nitrogen and oxygen atoms in total. The SMILES string of the molecule is CC(C)C(NC(N)=O)C(=O)Nc1ccc2c(c1)OCO2. The number of nitrogens with two attached hydrogens (primary N) is 1. The second-order valence-electron chi connectivity index (χ2n) is 4.79. The van der Waals surface area contributed by atoms with Crippen LogP contribution in [0.5, 0.6) is 11.5 Å². The van der Waals surface area contributed by atoms with Crippen molar-refractivity contribution in [3.8, 4) is 11.5 Å². The minimum Gasteiger partial charge on any atom is -0.454 e. The number of benzene rings is 1. The molecule has 1 heterocycles. The zero-order valence-electron chi connectivity index (χ0n) is 11.3. The third-order valence-corrected chi connectivity index (χ3v) is 2.89. The van der Waals surface area contributed by atoms with Crippen LogP contribution in [0.25, 0.3) is 0 Å². The fourth-order valence-corrected chi connectivity index (χ4v) is 1.88. The number of nitrogens with one attached hydrogen (secondary N) is 2. The maximum absolute atomic E-state index is 12.1. The van der Waals surface area contributed by atoms with Crippen LogP contribution < -0.4 is 25.8 Å². The Morgan fingerprint density at radius 3 is 2.60 bits per heavy atom. The molecule has 1 atom stereocenters. The molecule has 2 rings (SSSR count). The molecule has 4 N–H and O–H groups in total. The number of fused-ring (bicyclic) bond motifs is 1. The molecule has 0 saturated carbocycles. The number of carbonyl (C=O) groups excluding carboxylic acids is 2. The average Bonchev–Trinajstić information content (AvgIpc) is 2.82. The summed E-state index contributed by atoms with van der Waals surface area (Å²) >= 11 is 0. The Morgan fingerprint density at radius 2 is 1.95 bits per heavy atom. The van der Waals surface area contributed by atoms with Gasteiger partial charge in [0.15, 0.2) is 11.5 Å². The standard InChI is InChI=1S/C13H17N3O4/c1-7(2)11(16-13(14)18)12(17)15-8-3-4-9-10(5-8)20-6-19-9/h3-5,7,11H,6H2,1-2H3,(H,15,17)(H3,14,16,18). The van der Waals surface area contributed by atoms with Crippen molar-refractivity contribution in [3.63, 3.8) is 0 Å². The van der Waals surface area contributed by atoms with Crippen LogP contribution in [0.3, 0.4) is 0 Å². The van der Waals surface area contributed by atoms with E-state index in [1.165, 1.54) is 0 Å². The Morgan fingerprint density at radius 1 is 1.25 bits per heavy atom. The number of hydrogen-bond acceptors (Lipinski definition) is 4. The minimum atomic E-state index is -0.732. The van der Waals surface area contributed by atoms with E-state index in [2.05, 4.69) is 10.6 Å². The first kappa shape index (κ1) is 14.0. The van der Waals surface area contributed by atoms with E-state index in [-0.39, 0.29) is 18.6 Å². The highest BCUT2D eigenvalue weighted by Crippen LogP contribution is 2.34. The van der Waals surface area contributed by atoms with Crippen molar-refractivity contribution in [3.05, 3.63) is 18.2 Å². The highest BCUT2D eigenvalue weighted by Gasteiger charge is 2.24. The van der Waals surface area contributed by atoms with Gasteiger partial charge in [0.1, 0.15) is 6.04 Å².